The first-order chi connectivity index (χ1) is 9.20. The zero-order valence-corrected chi connectivity index (χ0v) is 11.1. The van der Waals surface area contributed by atoms with E-state index in [0.717, 1.165) is 19.3 Å². The monoisotopic (exact) mass is 261 g/mol. The zero-order chi connectivity index (χ0) is 13.7. The van der Waals surface area contributed by atoms with E-state index < -0.39 is 6.04 Å². The average Bonchev–Trinajstić information content (AvgIpc) is 2.81. The molecule has 102 valence electrons. The Morgan fingerprint density at radius 2 is 2.11 bits per heavy atom. The van der Waals surface area contributed by atoms with Crippen molar-refractivity contribution in [2.24, 2.45) is 5.92 Å². The molecule has 1 N–H and O–H groups in total. The Hall–Kier alpha value is -1.84. The molecule has 1 saturated heterocycles. The molecule has 2 rings (SSSR count). The number of rotatable bonds is 5. The first-order valence-corrected chi connectivity index (χ1v) is 6.63. The molecule has 0 spiro atoms. The van der Waals surface area contributed by atoms with Gasteiger partial charge >= 0.3 is 5.97 Å². The molecule has 1 aromatic rings. The lowest BCUT2D eigenvalue weighted by Crippen LogP contribution is -2.34. The summed E-state index contributed by atoms with van der Waals surface area (Å²) in [7, 11) is 1.34. The summed E-state index contributed by atoms with van der Waals surface area (Å²) in [6, 6.07) is 9.75. The minimum Gasteiger partial charge on any atom is -0.467 e. The van der Waals surface area contributed by atoms with Gasteiger partial charge in [-0.2, -0.15) is 0 Å². The maximum Gasteiger partial charge on any atom is 0.328 e. The van der Waals surface area contributed by atoms with Crippen molar-refractivity contribution < 1.29 is 14.3 Å². The van der Waals surface area contributed by atoms with Crippen LogP contribution in [0.25, 0.3) is 0 Å². The summed E-state index contributed by atoms with van der Waals surface area (Å²) >= 11 is 0. The summed E-state index contributed by atoms with van der Waals surface area (Å²) in [5.74, 6) is -0.435. The highest BCUT2D eigenvalue weighted by Crippen LogP contribution is 2.22. The summed E-state index contributed by atoms with van der Waals surface area (Å²) in [4.78, 5) is 23.1. The molecule has 0 radical (unpaired) electrons. The fourth-order valence-electron chi connectivity index (χ4n) is 2.48. The van der Waals surface area contributed by atoms with E-state index >= 15 is 0 Å². The standard InChI is InChI=1S/C15H19NO3/c1-19-15(18)13-10-12(14(17)16-13)9-5-8-11-6-3-2-4-7-11/h2-4,6-7,12-13H,5,8-10H2,1H3,(H,16,17)/t12-,13-/m0/s1. The van der Waals surface area contributed by atoms with Gasteiger partial charge in [-0.05, 0) is 31.2 Å². The summed E-state index contributed by atoms with van der Waals surface area (Å²) in [5, 5.41) is 2.69. The van der Waals surface area contributed by atoms with Gasteiger partial charge in [0.25, 0.3) is 0 Å². The smallest absolute Gasteiger partial charge is 0.328 e. The zero-order valence-electron chi connectivity index (χ0n) is 11.1. The largest absolute Gasteiger partial charge is 0.467 e. The van der Waals surface area contributed by atoms with Gasteiger partial charge in [-0.15, -0.1) is 0 Å². The molecule has 1 aliphatic heterocycles. The molecule has 0 saturated carbocycles. The molecular formula is C15H19NO3. The summed E-state index contributed by atoms with van der Waals surface area (Å²) in [6.07, 6.45) is 3.29. The Morgan fingerprint density at radius 3 is 2.79 bits per heavy atom. The molecule has 2 atom stereocenters. The van der Waals surface area contributed by atoms with Crippen molar-refractivity contribution >= 4 is 11.9 Å². The maximum absolute atomic E-state index is 11.7. The van der Waals surface area contributed by atoms with Crippen LogP contribution in [-0.2, 0) is 20.7 Å². The fourth-order valence-corrected chi connectivity index (χ4v) is 2.48. The normalized spacial score (nSPS) is 22.1. The van der Waals surface area contributed by atoms with Crippen LogP contribution in [0, 0.1) is 5.92 Å². The van der Waals surface area contributed by atoms with Gasteiger partial charge in [-0.25, -0.2) is 4.79 Å². The minimum absolute atomic E-state index is 0.0246. The summed E-state index contributed by atoms with van der Waals surface area (Å²) in [6.45, 7) is 0. The number of methoxy groups -OCH3 is 1. The lowest BCUT2D eigenvalue weighted by molar-refractivity contribution is -0.143. The molecule has 1 aliphatic rings. The van der Waals surface area contributed by atoms with Crippen LogP contribution in [0.15, 0.2) is 30.3 Å². The van der Waals surface area contributed by atoms with Crippen LogP contribution in [0.2, 0.25) is 0 Å². The Morgan fingerprint density at radius 1 is 1.37 bits per heavy atom. The number of hydrogen-bond acceptors (Lipinski definition) is 3. The van der Waals surface area contributed by atoms with Crippen molar-refractivity contribution in [1.29, 1.82) is 0 Å². The molecule has 0 aromatic heterocycles. The Labute approximate surface area is 113 Å². The number of carbonyl (C=O) groups is 2. The number of benzene rings is 1. The second kappa shape index (κ2) is 6.36. The van der Waals surface area contributed by atoms with Crippen LogP contribution >= 0.6 is 0 Å². The van der Waals surface area contributed by atoms with Crippen LogP contribution in [0.5, 0.6) is 0 Å². The van der Waals surface area contributed by atoms with Crippen molar-refractivity contribution in [3.8, 4) is 0 Å². The first kappa shape index (κ1) is 13.6. The van der Waals surface area contributed by atoms with Crippen LogP contribution in [0.4, 0.5) is 0 Å². The minimum atomic E-state index is -0.459. The van der Waals surface area contributed by atoms with E-state index in [-0.39, 0.29) is 17.8 Å². The Kier molecular flexibility index (Phi) is 4.55. The predicted molar refractivity (Wildman–Crippen MR) is 71.4 cm³/mol. The quantitative estimate of drug-likeness (QED) is 0.821. The van der Waals surface area contributed by atoms with Crippen LogP contribution in [0.1, 0.15) is 24.8 Å². The molecule has 19 heavy (non-hydrogen) atoms. The third-order valence-electron chi connectivity index (χ3n) is 3.55. The van der Waals surface area contributed by atoms with Crippen LogP contribution in [0.3, 0.4) is 0 Å². The Balaban J connectivity index is 1.78. The van der Waals surface area contributed by atoms with Gasteiger partial charge in [0.1, 0.15) is 6.04 Å². The fraction of sp³-hybridized carbons (Fsp3) is 0.467. The highest BCUT2D eigenvalue weighted by Gasteiger charge is 2.35. The topological polar surface area (TPSA) is 55.4 Å². The number of aryl methyl sites for hydroxylation is 1. The highest BCUT2D eigenvalue weighted by molar-refractivity contribution is 5.89. The van der Waals surface area contributed by atoms with E-state index in [4.69, 9.17) is 0 Å². The van der Waals surface area contributed by atoms with Gasteiger partial charge in [0.15, 0.2) is 0 Å². The Bertz CT molecular complexity index is 444. The van der Waals surface area contributed by atoms with E-state index in [0.29, 0.717) is 6.42 Å². The van der Waals surface area contributed by atoms with Gasteiger partial charge in [-0.3, -0.25) is 4.79 Å². The molecule has 1 fully saturated rings. The lowest BCUT2D eigenvalue weighted by Gasteiger charge is -2.07. The molecule has 1 heterocycles. The van der Waals surface area contributed by atoms with Gasteiger partial charge in [0.05, 0.1) is 7.11 Å². The third-order valence-corrected chi connectivity index (χ3v) is 3.55. The van der Waals surface area contributed by atoms with E-state index in [1.54, 1.807) is 0 Å². The maximum atomic E-state index is 11.7. The van der Waals surface area contributed by atoms with Gasteiger partial charge in [-0.1, -0.05) is 30.3 Å². The molecule has 1 aromatic carbocycles. The van der Waals surface area contributed by atoms with E-state index in [1.807, 2.05) is 18.2 Å². The molecule has 4 nitrogen and oxygen atoms in total. The van der Waals surface area contributed by atoms with E-state index in [1.165, 1.54) is 12.7 Å². The third kappa shape index (κ3) is 3.56. The van der Waals surface area contributed by atoms with Crippen LogP contribution in [-0.4, -0.2) is 25.0 Å². The lowest BCUT2D eigenvalue weighted by atomic mass is 9.96. The van der Waals surface area contributed by atoms with E-state index in [2.05, 4.69) is 22.2 Å². The molecule has 0 unspecified atom stereocenters. The molecule has 0 aliphatic carbocycles. The van der Waals surface area contributed by atoms with Gasteiger partial charge in [0.2, 0.25) is 5.91 Å². The van der Waals surface area contributed by atoms with Crippen molar-refractivity contribution in [3.05, 3.63) is 35.9 Å². The molecule has 4 heteroatoms. The number of ether oxygens (including phenoxy) is 1. The van der Waals surface area contributed by atoms with Crippen molar-refractivity contribution in [2.45, 2.75) is 31.7 Å². The highest BCUT2D eigenvalue weighted by atomic mass is 16.5. The molecular weight excluding hydrogens is 242 g/mol. The van der Waals surface area contributed by atoms with Crippen LogP contribution < -0.4 is 5.32 Å². The second-order valence-electron chi connectivity index (χ2n) is 4.89. The summed E-state index contributed by atoms with van der Waals surface area (Å²) in [5.41, 5.74) is 1.28. The van der Waals surface area contributed by atoms with Crippen molar-refractivity contribution in [1.82, 2.24) is 5.32 Å². The molecule has 1 amide bonds. The van der Waals surface area contributed by atoms with E-state index in [9.17, 15) is 9.59 Å². The number of hydrogen-bond donors (Lipinski definition) is 1. The average molecular weight is 261 g/mol. The first-order valence-electron chi connectivity index (χ1n) is 6.63. The number of esters is 1. The van der Waals surface area contributed by atoms with Gasteiger partial charge in [0, 0.05) is 5.92 Å². The molecule has 0 bridgehead atoms. The number of nitrogens with one attached hydrogen (secondary N) is 1. The number of amides is 1. The second-order valence-corrected chi connectivity index (χ2v) is 4.89. The number of carbonyl (C=O) groups excluding carboxylic acids is 2. The predicted octanol–water partition coefficient (Wildman–Crippen LogP) is 1.69. The van der Waals surface area contributed by atoms with Crippen molar-refractivity contribution in [3.63, 3.8) is 0 Å². The van der Waals surface area contributed by atoms with Crippen molar-refractivity contribution in [2.75, 3.05) is 7.11 Å². The SMILES string of the molecule is COC(=O)[C@@H]1C[C@H](CCCc2ccccc2)C(=O)N1. The van der Waals surface area contributed by atoms with Gasteiger partial charge < -0.3 is 10.1 Å². The summed E-state index contributed by atoms with van der Waals surface area (Å²) < 4.78 is 4.65.